The molecule has 1 aromatic rings. The van der Waals surface area contributed by atoms with Crippen LogP contribution < -0.4 is 0 Å². The number of benzene rings is 1. The number of nitro groups is 1. The van der Waals surface area contributed by atoms with E-state index < -0.39 is 10.9 Å². The molecular formula is C14H21N3O4. The smallest absolute Gasteiger partial charge is 0.338 e. The van der Waals surface area contributed by atoms with E-state index in [0.29, 0.717) is 18.7 Å². The van der Waals surface area contributed by atoms with Gasteiger partial charge in [0.05, 0.1) is 10.5 Å². The molecule has 0 aromatic heterocycles. The van der Waals surface area contributed by atoms with Crippen molar-refractivity contribution in [3.05, 3.63) is 39.9 Å². The van der Waals surface area contributed by atoms with Crippen molar-refractivity contribution >= 4 is 11.7 Å². The zero-order chi connectivity index (χ0) is 16.0. The Balaban J connectivity index is 2.73. The van der Waals surface area contributed by atoms with E-state index in [1.54, 1.807) is 0 Å². The van der Waals surface area contributed by atoms with Crippen LogP contribution in [0.4, 0.5) is 5.69 Å². The molecule has 0 atom stereocenters. The number of hydrogen-bond donors (Lipinski definition) is 0. The summed E-state index contributed by atoms with van der Waals surface area (Å²) >= 11 is 0. The SMILES string of the molecule is CN(C)CC(CN(C)C)OC(=O)c1ccc([N+](=O)[O-])cc1. The fourth-order valence-electron chi connectivity index (χ4n) is 1.89. The van der Waals surface area contributed by atoms with Gasteiger partial charge >= 0.3 is 5.97 Å². The van der Waals surface area contributed by atoms with Crippen LogP contribution in [0.1, 0.15) is 10.4 Å². The number of hydrogen-bond acceptors (Lipinski definition) is 6. The van der Waals surface area contributed by atoms with Crippen LogP contribution in [0, 0.1) is 10.1 Å². The van der Waals surface area contributed by atoms with Gasteiger partial charge in [-0.15, -0.1) is 0 Å². The third-order valence-electron chi connectivity index (χ3n) is 2.73. The van der Waals surface area contributed by atoms with Crippen molar-refractivity contribution in [2.75, 3.05) is 41.3 Å². The molecule has 7 nitrogen and oxygen atoms in total. The summed E-state index contributed by atoms with van der Waals surface area (Å²) in [7, 11) is 7.62. The van der Waals surface area contributed by atoms with Gasteiger partial charge in [-0.1, -0.05) is 0 Å². The van der Waals surface area contributed by atoms with Crippen molar-refractivity contribution in [1.82, 2.24) is 9.80 Å². The van der Waals surface area contributed by atoms with Gasteiger partial charge in [0.1, 0.15) is 6.10 Å². The van der Waals surface area contributed by atoms with Crippen LogP contribution in [0.15, 0.2) is 24.3 Å². The van der Waals surface area contributed by atoms with E-state index in [2.05, 4.69) is 0 Å². The number of nitrogens with zero attached hydrogens (tertiary/aromatic N) is 3. The Morgan fingerprint density at radius 2 is 1.62 bits per heavy atom. The standard InChI is InChI=1S/C14H21N3O4/c1-15(2)9-13(10-16(3)4)21-14(18)11-5-7-12(8-6-11)17(19)20/h5-8,13H,9-10H2,1-4H3. The number of ether oxygens (including phenoxy) is 1. The van der Waals surface area contributed by atoms with Gasteiger partial charge in [0, 0.05) is 25.2 Å². The van der Waals surface area contributed by atoms with Crippen LogP contribution in [0.5, 0.6) is 0 Å². The fourth-order valence-corrected chi connectivity index (χ4v) is 1.89. The minimum atomic E-state index is -0.504. The summed E-state index contributed by atoms with van der Waals surface area (Å²) in [6.07, 6.45) is -0.266. The van der Waals surface area contributed by atoms with Gasteiger partial charge in [0.15, 0.2) is 0 Å². The van der Waals surface area contributed by atoms with Crippen LogP contribution in [0.3, 0.4) is 0 Å². The highest BCUT2D eigenvalue weighted by Crippen LogP contribution is 2.13. The minimum Gasteiger partial charge on any atom is -0.456 e. The molecule has 21 heavy (non-hydrogen) atoms. The molecule has 0 bridgehead atoms. The predicted octanol–water partition coefficient (Wildman–Crippen LogP) is 1.24. The molecule has 0 N–H and O–H groups in total. The Labute approximate surface area is 124 Å². The molecule has 0 saturated heterocycles. The molecule has 0 amide bonds. The second-order valence-corrected chi connectivity index (χ2v) is 5.36. The lowest BCUT2D eigenvalue weighted by atomic mass is 10.2. The van der Waals surface area contributed by atoms with Crippen molar-refractivity contribution in [3.8, 4) is 0 Å². The summed E-state index contributed by atoms with van der Waals surface area (Å²) in [5.41, 5.74) is 0.257. The maximum absolute atomic E-state index is 12.1. The van der Waals surface area contributed by atoms with E-state index >= 15 is 0 Å². The van der Waals surface area contributed by atoms with Gasteiger partial charge in [-0.3, -0.25) is 10.1 Å². The number of nitro benzene ring substituents is 1. The van der Waals surface area contributed by atoms with Gasteiger partial charge in [0.2, 0.25) is 0 Å². The predicted molar refractivity (Wildman–Crippen MR) is 79.4 cm³/mol. The zero-order valence-electron chi connectivity index (χ0n) is 12.8. The molecule has 1 aromatic carbocycles. The van der Waals surface area contributed by atoms with E-state index in [0.717, 1.165) is 0 Å². The Bertz CT molecular complexity index is 475. The first-order valence-electron chi connectivity index (χ1n) is 6.54. The lowest BCUT2D eigenvalue weighted by Crippen LogP contribution is -2.38. The van der Waals surface area contributed by atoms with Gasteiger partial charge in [-0.2, -0.15) is 0 Å². The van der Waals surface area contributed by atoms with Crippen LogP contribution >= 0.6 is 0 Å². The number of rotatable bonds is 7. The molecule has 0 fully saturated rings. The van der Waals surface area contributed by atoms with Crippen molar-refractivity contribution in [2.24, 2.45) is 0 Å². The Morgan fingerprint density at radius 1 is 1.14 bits per heavy atom. The topological polar surface area (TPSA) is 75.9 Å². The van der Waals surface area contributed by atoms with Gasteiger partial charge < -0.3 is 14.5 Å². The van der Waals surface area contributed by atoms with Crippen molar-refractivity contribution in [3.63, 3.8) is 0 Å². The van der Waals surface area contributed by atoms with Crippen molar-refractivity contribution in [1.29, 1.82) is 0 Å². The molecule has 0 aliphatic carbocycles. The highest BCUT2D eigenvalue weighted by atomic mass is 16.6. The van der Waals surface area contributed by atoms with Crippen LogP contribution in [-0.2, 0) is 4.74 Å². The minimum absolute atomic E-state index is 0.0512. The number of carbonyl (C=O) groups is 1. The van der Waals surface area contributed by atoms with Crippen LogP contribution in [-0.4, -0.2) is 68.1 Å². The molecule has 0 aliphatic heterocycles. The van der Waals surface area contributed by atoms with E-state index in [1.165, 1.54) is 24.3 Å². The van der Waals surface area contributed by atoms with E-state index in [-0.39, 0.29) is 11.8 Å². The second kappa shape index (κ2) is 7.70. The lowest BCUT2D eigenvalue weighted by molar-refractivity contribution is -0.384. The average molecular weight is 295 g/mol. The first-order chi connectivity index (χ1) is 9.79. The third kappa shape index (κ3) is 5.88. The molecule has 0 heterocycles. The van der Waals surface area contributed by atoms with Crippen molar-refractivity contribution in [2.45, 2.75) is 6.10 Å². The molecule has 1 rings (SSSR count). The molecule has 0 saturated carbocycles. The number of likely N-dealkylation sites (N-methyl/N-ethyl adjacent to an activating group) is 2. The van der Waals surface area contributed by atoms with E-state index in [4.69, 9.17) is 4.74 Å². The maximum Gasteiger partial charge on any atom is 0.338 e. The number of carbonyl (C=O) groups excluding carboxylic acids is 1. The highest BCUT2D eigenvalue weighted by Gasteiger charge is 2.18. The fraction of sp³-hybridized carbons (Fsp3) is 0.500. The quantitative estimate of drug-likeness (QED) is 0.428. The largest absolute Gasteiger partial charge is 0.456 e. The maximum atomic E-state index is 12.1. The van der Waals surface area contributed by atoms with Crippen LogP contribution in [0.2, 0.25) is 0 Å². The van der Waals surface area contributed by atoms with Gasteiger partial charge in [-0.05, 0) is 40.3 Å². The average Bonchev–Trinajstić information content (AvgIpc) is 2.37. The molecule has 116 valence electrons. The van der Waals surface area contributed by atoms with E-state index in [1.807, 2.05) is 38.0 Å². The molecule has 7 heteroatoms. The van der Waals surface area contributed by atoms with Gasteiger partial charge in [-0.25, -0.2) is 4.79 Å². The summed E-state index contributed by atoms with van der Waals surface area (Å²) in [5, 5.41) is 10.6. The molecule has 0 radical (unpaired) electrons. The first kappa shape index (κ1) is 17.1. The summed E-state index contributed by atoms with van der Waals surface area (Å²) in [5.74, 6) is -0.474. The second-order valence-electron chi connectivity index (χ2n) is 5.36. The molecule has 0 spiro atoms. The zero-order valence-corrected chi connectivity index (χ0v) is 12.8. The normalized spacial score (nSPS) is 11.2. The third-order valence-corrected chi connectivity index (χ3v) is 2.73. The highest BCUT2D eigenvalue weighted by molar-refractivity contribution is 5.89. The Kier molecular flexibility index (Phi) is 6.26. The van der Waals surface area contributed by atoms with Crippen LogP contribution in [0.25, 0.3) is 0 Å². The molecule has 0 aliphatic rings. The Morgan fingerprint density at radius 3 is 2.00 bits per heavy atom. The van der Waals surface area contributed by atoms with Crippen molar-refractivity contribution < 1.29 is 14.5 Å². The first-order valence-corrected chi connectivity index (χ1v) is 6.54. The molecular weight excluding hydrogens is 274 g/mol. The number of esters is 1. The number of non-ortho nitro benzene ring substituents is 1. The van der Waals surface area contributed by atoms with E-state index in [9.17, 15) is 14.9 Å². The molecule has 0 unspecified atom stereocenters. The monoisotopic (exact) mass is 295 g/mol. The summed E-state index contributed by atoms with van der Waals surface area (Å²) in [4.78, 5) is 26.0. The summed E-state index contributed by atoms with van der Waals surface area (Å²) < 4.78 is 5.47. The lowest BCUT2D eigenvalue weighted by Gasteiger charge is -2.24. The van der Waals surface area contributed by atoms with Gasteiger partial charge in [0.25, 0.3) is 5.69 Å². The summed E-state index contributed by atoms with van der Waals surface area (Å²) in [6.45, 7) is 1.22. The Hall–Kier alpha value is -1.99. The summed E-state index contributed by atoms with van der Waals surface area (Å²) in [6, 6.07) is 5.40.